The summed E-state index contributed by atoms with van der Waals surface area (Å²) in [6.45, 7) is 9.44. The third-order valence-electron chi connectivity index (χ3n) is 5.62. The lowest BCUT2D eigenvalue weighted by molar-refractivity contribution is -0.121. The number of para-hydroxylation sites is 3. The van der Waals surface area contributed by atoms with E-state index in [1.807, 2.05) is 34.9 Å². The third-order valence-corrected chi connectivity index (χ3v) is 5.62. The van der Waals surface area contributed by atoms with E-state index in [0.29, 0.717) is 19.0 Å². The number of rotatable bonds is 10. The molecule has 2 amide bonds. The lowest BCUT2D eigenvalue weighted by Gasteiger charge is -2.20. The summed E-state index contributed by atoms with van der Waals surface area (Å²) < 4.78 is 6.81. The number of amides is 2. The predicted octanol–water partition coefficient (Wildman–Crippen LogP) is 4.23. The molecule has 0 radical (unpaired) electrons. The van der Waals surface area contributed by atoms with Gasteiger partial charge in [0.1, 0.15) is 12.4 Å². The van der Waals surface area contributed by atoms with E-state index in [-0.39, 0.29) is 36.6 Å². The van der Waals surface area contributed by atoms with E-state index in [9.17, 15) is 9.59 Å². The maximum absolute atomic E-state index is 13.2. The molecule has 0 spiro atoms. The van der Waals surface area contributed by atoms with Crippen LogP contribution in [-0.4, -0.2) is 41.6 Å². The molecule has 2 N–H and O–H groups in total. The summed E-state index contributed by atoms with van der Waals surface area (Å²) in [4.78, 5) is 30.3. The van der Waals surface area contributed by atoms with Crippen molar-refractivity contribution in [3.05, 3.63) is 59.4 Å². The first-order valence-corrected chi connectivity index (χ1v) is 11.4. The van der Waals surface area contributed by atoms with E-state index in [4.69, 9.17) is 4.74 Å². The minimum absolute atomic E-state index is 0.0746. The minimum Gasteiger partial charge on any atom is -0.383 e. The van der Waals surface area contributed by atoms with Gasteiger partial charge in [-0.25, -0.2) is 4.98 Å². The Morgan fingerprint density at radius 2 is 1.64 bits per heavy atom. The van der Waals surface area contributed by atoms with Crippen molar-refractivity contribution in [3.8, 4) is 0 Å². The molecule has 0 bridgehead atoms. The molecule has 0 aliphatic carbocycles. The van der Waals surface area contributed by atoms with Crippen molar-refractivity contribution < 1.29 is 14.3 Å². The Morgan fingerprint density at radius 1 is 0.970 bits per heavy atom. The van der Waals surface area contributed by atoms with E-state index in [2.05, 4.69) is 55.4 Å². The SMILES string of the molecule is COCCNC(=O)Cc1nc2ccccc2n1CC(=O)Nc1c(C(C)C)cccc1C(C)C. The zero-order chi connectivity index (χ0) is 24.0. The normalized spacial score (nSPS) is 11.4. The molecule has 0 unspecified atom stereocenters. The first-order chi connectivity index (χ1) is 15.8. The lowest BCUT2D eigenvalue weighted by atomic mass is 9.92. The lowest BCUT2D eigenvalue weighted by Crippen LogP contribution is -2.30. The highest BCUT2D eigenvalue weighted by Crippen LogP contribution is 2.32. The van der Waals surface area contributed by atoms with Crippen LogP contribution in [0.5, 0.6) is 0 Å². The van der Waals surface area contributed by atoms with Crippen molar-refractivity contribution in [2.75, 3.05) is 25.6 Å². The Hall–Kier alpha value is -3.19. The number of benzene rings is 2. The van der Waals surface area contributed by atoms with Gasteiger partial charge in [-0.3, -0.25) is 9.59 Å². The summed E-state index contributed by atoms with van der Waals surface area (Å²) in [7, 11) is 1.59. The van der Waals surface area contributed by atoms with Gasteiger partial charge < -0.3 is 19.9 Å². The molecule has 176 valence electrons. The van der Waals surface area contributed by atoms with E-state index in [1.54, 1.807) is 7.11 Å². The Labute approximate surface area is 195 Å². The summed E-state index contributed by atoms with van der Waals surface area (Å²) in [5.41, 5.74) is 4.70. The molecule has 0 atom stereocenters. The van der Waals surface area contributed by atoms with Crippen LogP contribution in [0, 0.1) is 0 Å². The largest absolute Gasteiger partial charge is 0.383 e. The fraction of sp³-hybridized carbons (Fsp3) is 0.423. The molecule has 7 nitrogen and oxygen atoms in total. The first-order valence-electron chi connectivity index (χ1n) is 11.4. The number of fused-ring (bicyclic) bond motifs is 1. The van der Waals surface area contributed by atoms with E-state index < -0.39 is 0 Å². The highest BCUT2D eigenvalue weighted by atomic mass is 16.5. The van der Waals surface area contributed by atoms with Crippen molar-refractivity contribution in [2.24, 2.45) is 0 Å². The Morgan fingerprint density at radius 3 is 2.27 bits per heavy atom. The molecule has 3 rings (SSSR count). The Bertz CT molecular complexity index is 1090. The average Bonchev–Trinajstić information content (AvgIpc) is 3.10. The van der Waals surface area contributed by atoms with E-state index in [0.717, 1.165) is 27.8 Å². The number of hydrogen-bond acceptors (Lipinski definition) is 4. The summed E-state index contributed by atoms with van der Waals surface area (Å²) in [5.74, 6) is 0.812. The standard InChI is InChI=1S/C26H34N4O3/c1-17(2)19-9-8-10-20(18(3)4)26(19)29-25(32)16-30-22-12-7-6-11-21(22)28-23(30)15-24(31)27-13-14-33-5/h6-12,17-18H,13-16H2,1-5H3,(H,27,31)(H,29,32). The van der Waals surface area contributed by atoms with Gasteiger partial charge in [0.05, 0.1) is 24.1 Å². The first kappa shape index (κ1) is 24.5. The molecule has 0 aliphatic heterocycles. The summed E-state index contributed by atoms with van der Waals surface area (Å²) in [6, 6.07) is 13.8. The van der Waals surface area contributed by atoms with Crippen molar-refractivity contribution in [1.29, 1.82) is 0 Å². The summed E-state index contributed by atoms with van der Waals surface area (Å²) >= 11 is 0. The molecule has 1 heterocycles. The number of ether oxygens (including phenoxy) is 1. The van der Waals surface area contributed by atoms with Crippen molar-refractivity contribution in [3.63, 3.8) is 0 Å². The molecule has 1 aromatic heterocycles. The number of imidazole rings is 1. The highest BCUT2D eigenvalue weighted by Gasteiger charge is 2.19. The van der Waals surface area contributed by atoms with Gasteiger partial charge in [0.15, 0.2) is 0 Å². The second-order valence-corrected chi connectivity index (χ2v) is 8.79. The molecule has 0 aliphatic rings. The Kier molecular flexibility index (Phi) is 8.22. The fourth-order valence-corrected chi connectivity index (χ4v) is 3.95. The van der Waals surface area contributed by atoms with Crippen molar-refractivity contribution in [1.82, 2.24) is 14.9 Å². The number of nitrogens with zero attached hydrogens (tertiary/aromatic N) is 2. The minimum atomic E-state index is -0.156. The summed E-state index contributed by atoms with van der Waals surface area (Å²) in [6.07, 6.45) is 0.0888. The number of anilines is 1. The number of carbonyl (C=O) groups is 2. The zero-order valence-corrected chi connectivity index (χ0v) is 20.1. The van der Waals surface area contributed by atoms with Gasteiger partial charge in [-0.1, -0.05) is 58.0 Å². The van der Waals surface area contributed by atoms with Gasteiger partial charge >= 0.3 is 0 Å². The van der Waals surface area contributed by atoms with E-state index in [1.165, 1.54) is 0 Å². The van der Waals surface area contributed by atoms with Crippen LogP contribution in [0.15, 0.2) is 42.5 Å². The van der Waals surface area contributed by atoms with Crippen LogP contribution in [0.2, 0.25) is 0 Å². The van der Waals surface area contributed by atoms with Crippen LogP contribution in [-0.2, 0) is 27.3 Å². The third kappa shape index (κ3) is 5.99. The second kappa shape index (κ2) is 11.1. The fourth-order valence-electron chi connectivity index (χ4n) is 3.95. The van der Waals surface area contributed by atoms with E-state index >= 15 is 0 Å². The number of hydrogen-bond donors (Lipinski definition) is 2. The summed E-state index contributed by atoms with van der Waals surface area (Å²) in [5, 5.41) is 5.98. The molecule has 0 fully saturated rings. The molecule has 3 aromatic rings. The van der Waals surface area contributed by atoms with Gasteiger partial charge in [0.25, 0.3) is 0 Å². The van der Waals surface area contributed by atoms with Gasteiger partial charge in [-0.15, -0.1) is 0 Å². The smallest absolute Gasteiger partial charge is 0.244 e. The number of nitrogens with one attached hydrogen (secondary N) is 2. The predicted molar refractivity (Wildman–Crippen MR) is 132 cm³/mol. The molecule has 0 saturated carbocycles. The van der Waals surface area contributed by atoms with Crippen LogP contribution >= 0.6 is 0 Å². The van der Waals surface area contributed by atoms with Crippen molar-refractivity contribution >= 4 is 28.5 Å². The molecular formula is C26H34N4O3. The van der Waals surface area contributed by atoms with Crippen molar-refractivity contribution in [2.45, 2.75) is 52.5 Å². The molecule has 33 heavy (non-hydrogen) atoms. The zero-order valence-electron chi connectivity index (χ0n) is 20.1. The Balaban J connectivity index is 1.88. The monoisotopic (exact) mass is 450 g/mol. The van der Waals surface area contributed by atoms with Gasteiger partial charge in [0.2, 0.25) is 11.8 Å². The highest BCUT2D eigenvalue weighted by molar-refractivity contribution is 5.94. The van der Waals surface area contributed by atoms with Crippen LogP contribution in [0.1, 0.15) is 56.5 Å². The van der Waals surface area contributed by atoms with Crippen LogP contribution in [0.3, 0.4) is 0 Å². The second-order valence-electron chi connectivity index (χ2n) is 8.79. The number of carbonyl (C=O) groups excluding carboxylic acids is 2. The van der Waals surface area contributed by atoms with Crippen LogP contribution in [0.4, 0.5) is 5.69 Å². The molecule has 7 heteroatoms. The number of methoxy groups -OCH3 is 1. The topological polar surface area (TPSA) is 85.2 Å². The van der Waals surface area contributed by atoms with Gasteiger partial charge in [-0.2, -0.15) is 0 Å². The molecule has 2 aromatic carbocycles. The van der Waals surface area contributed by atoms with Gasteiger partial charge in [0, 0.05) is 19.3 Å². The van der Waals surface area contributed by atoms with Crippen LogP contribution in [0.25, 0.3) is 11.0 Å². The van der Waals surface area contributed by atoms with Gasteiger partial charge in [-0.05, 0) is 35.1 Å². The quantitative estimate of drug-likeness (QED) is 0.453. The molecule has 0 saturated heterocycles. The van der Waals surface area contributed by atoms with Crippen LogP contribution < -0.4 is 10.6 Å². The number of aromatic nitrogens is 2. The maximum Gasteiger partial charge on any atom is 0.244 e. The average molecular weight is 451 g/mol. The maximum atomic E-state index is 13.2. The molecular weight excluding hydrogens is 416 g/mol.